The molecule has 3 aromatic heterocycles. The van der Waals surface area contributed by atoms with E-state index in [0.29, 0.717) is 25.9 Å². The molecule has 1 aliphatic rings. The van der Waals surface area contributed by atoms with Gasteiger partial charge in [-0.1, -0.05) is 12.1 Å². The van der Waals surface area contributed by atoms with Crippen LogP contribution in [0.4, 0.5) is 13.2 Å². The predicted molar refractivity (Wildman–Crippen MR) is 104 cm³/mol. The van der Waals surface area contributed by atoms with E-state index in [2.05, 4.69) is 9.97 Å². The molecule has 1 aliphatic heterocycles. The number of rotatable bonds is 4. The summed E-state index contributed by atoms with van der Waals surface area (Å²) in [6.07, 6.45) is -1.45. The molecule has 0 aromatic carbocycles. The van der Waals surface area contributed by atoms with Gasteiger partial charge in [0.1, 0.15) is 0 Å². The molecule has 3 aromatic rings. The lowest BCUT2D eigenvalue weighted by Gasteiger charge is -2.27. The van der Waals surface area contributed by atoms with E-state index >= 15 is 0 Å². The zero-order valence-electron chi connectivity index (χ0n) is 16.9. The van der Waals surface area contributed by atoms with Gasteiger partial charge in [0.05, 0.1) is 12.3 Å². The maximum Gasteiger partial charge on any atom is 0.418 e. The summed E-state index contributed by atoms with van der Waals surface area (Å²) in [5.74, 6) is -1.35. The number of nitrogens with one attached hydrogen (secondary N) is 3. The molecule has 0 aliphatic carbocycles. The van der Waals surface area contributed by atoms with E-state index in [9.17, 15) is 27.9 Å². The summed E-state index contributed by atoms with van der Waals surface area (Å²) in [6.45, 7) is 0.685. The quantitative estimate of drug-likeness (QED) is 0.522. The molecular formula is C21H22F3N5O3+2. The number of hydrogen-bond acceptors (Lipinski definition) is 3. The zero-order chi connectivity index (χ0) is 22.9. The topological polar surface area (TPSA) is 104 Å². The van der Waals surface area contributed by atoms with Gasteiger partial charge in [-0.2, -0.15) is 17.6 Å². The van der Waals surface area contributed by atoms with Gasteiger partial charge < -0.3 is 15.3 Å². The van der Waals surface area contributed by atoms with Gasteiger partial charge in [0.25, 0.3) is 5.91 Å². The number of alkyl halides is 3. The van der Waals surface area contributed by atoms with Crippen LogP contribution in [0.3, 0.4) is 0 Å². The minimum absolute atomic E-state index is 0.0528. The number of pyridine rings is 2. The SMILES string of the molecule is O=C(NC(c1cccc[nH+]1)C(F)(F)F)c1[nH]c(C(=O)N2CCC(O)CC2)[n+]2ccccc12. The third-order valence-corrected chi connectivity index (χ3v) is 5.43. The lowest BCUT2D eigenvalue weighted by molar-refractivity contribution is -0.514. The molecule has 4 N–H and O–H groups in total. The second-order valence-electron chi connectivity index (χ2n) is 7.59. The summed E-state index contributed by atoms with van der Waals surface area (Å²) in [5.41, 5.74) is -0.112. The van der Waals surface area contributed by atoms with Crippen molar-refractivity contribution in [1.29, 1.82) is 0 Å². The first-order chi connectivity index (χ1) is 15.3. The van der Waals surface area contributed by atoms with Gasteiger partial charge in [-0.3, -0.25) is 9.59 Å². The summed E-state index contributed by atoms with van der Waals surface area (Å²) >= 11 is 0. The fourth-order valence-electron chi connectivity index (χ4n) is 3.76. The Kier molecular flexibility index (Phi) is 5.83. The summed E-state index contributed by atoms with van der Waals surface area (Å²) in [7, 11) is 0. The number of H-pyrrole nitrogens is 2. The Hall–Kier alpha value is -3.47. The number of aromatic amines is 2. The van der Waals surface area contributed by atoms with Crippen LogP contribution in [0.15, 0.2) is 48.8 Å². The number of amides is 2. The van der Waals surface area contributed by atoms with Crippen LogP contribution in [-0.4, -0.2) is 52.2 Å². The standard InChI is InChI=1S/C21H20F3N5O3/c22-21(23,24)17(14-5-1-3-9-25-14)27-19(31)16-15-6-2-4-10-29(15)18(26-16)20(32)28-11-7-13(30)8-12-28/h1-6,9-10,13,17,30H,7-8,11-12H2,(H,27,31)/p+2. The number of piperidine rings is 1. The molecule has 32 heavy (non-hydrogen) atoms. The number of imidazole rings is 1. The third-order valence-electron chi connectivity index (χ3n) is 5.43. The van der Waals surface area contributed by atoms with Gasteiger partial charge in [0.15, 0.2) is 11.7 Å². The van der Waals surface area contributed by atoms with E-state index in [0.717, 1.165) is 0 Å². The smallest absolute Gasteiger partial charge is 0.393 e. The lowest BCUT2D eigenvalue weighted by atomic mass is 10.1. The number of aliphatic hydroxyl groups excluding tert-OH is 1. The molecule has 4 heterocycles. The molecule has 0 saturated carbocycles. The van der Waals surface area contributed by atoms with Crippen molar-refractivity contribution in [3.8, 4) is 0 Å². The Morgan fingerprint density at radius 2 is 1.91 bits per heavy atom. The third kappa shape index (κ3) is 4.28. The van der Waals surface area contributed by atoms with E-state index in [1.807, 2.05) is 5.32 Å². The summed E-state index contributed by atoms with van der Waals surface area (Å²) < 4.78 is 42.5. The molecule has 1 saturated heterocycles. The number of carbonyl (C=O) groups excluding carboxylic acids is 2. The van der Waals surface area contributed by atoms with Crippen LogP contribution in [-0.2, 0) is 0 Å². The van der Waals surface area contributed by atoms with E-state index in [1.54, 1.807) is 24.4 Å². The monoisotopic (exact) mass is 449 g/mol. The lowest BCUT2D eigenvalue weighted by Crippen LogP contribution is -2.43. The van der Waals surface area contributed by atoms with Crippen LogP contribution < -0.4 is 14.7 Å². The van der Waals surface area contributed by atoms with Crippen LogP contribution in [0.1, 0.15) is 45.7 Å². The van der Waals surface area contributed by atoms with Crippen molar-refractivity contribution in [1.82, 2.24) is 15.2 Å². The number of aliphatic hydroxyl groups is 1. The number of fused-ring (bicyclic) bond motifs is 1. The highest BCUT2D eigenvalue weighted by molar-refractivity contribution is 6.00. The van der Waals surface area contributed by atoms with Gasteiger partial charge in [-0.05, 0) is 25.0 Å². The number of halogens is 3. The average Bonchev–Trinajstić information content (AvgIpc) is 3.17. The molecule has 11 heteroatoms. The Balaban J connectivity index is 1.67. The average molecular weight is 449 g/mol. The molecular weight excluding hydrogens is 427 g/mol. The second-order valence-corrected chi connectivity index (χ2v) is 7.59. The molecule has 0 radical (unpaired) electrons. The van der Waals surface area contributed by atoms with E-state index in [1.165, 1.54) is 33.7 Å². The number of aromatic nitrogens is 3. The van der Waals surface area contributed by atoms with Gasteiger partial charge in [-0.15, -0.1) is 0 Å². The normalized spacial score (nSPS) is 16.2. The molecule has 1 fully saturated rings. The number of carbonyl (C=O) groups is 2. The minimum Gasteiger partial charge on any atom is -0.393 e. The van der Waals surface area contributed by atoms with Crippen molar-refractivity contribution < 1.29 is 37.3 Å². The number of likely N-dealkylation sites (tertiary alicyclic amines) is 1. The fraction of sp³-hybridized carbons (Fsp3) is 0.333. The number of hydrogen-bond donors (Lipinski definition) is 3. The molecule has 0 spiro atoms. The van der Waals surface area contributed by atoms with Crippen LogP contribution in [0.25, 0.3) is 5.52 Å². The first-order valence-corrected chi connectivity index (χ1v) is 10.1. The molecule has 1 atom stereocenters. The van der Waals surface area contributed by atoms with Gasteiger partial charge >= 0.3 is 17.9 Å². The predicted octanol–water partition coefficient (Wildman–Crippen LogP) is 1.20. The Labute approximate surface area is 180 Å². The van der Waals surface area contributed by atoms with Crippen molar-refractivity contribution in [2.75, 3.05) is 13.1 Å². The van der Waals surface area contributed by atoms with Crippen LogP contribution in [0, 0.1) is 0 Å². The second kappa shape index (κ2) is 8.58. The van der Waals surface area contributed by atoms with E-state index in [4.69, 9.17) is 0 Å². The molecule has 8 nitrogen and oxygen atoms in total. The molecule has 0 bridgehead atoms. The summed E-state index contributed by atoms with van der Waals surface area (Å²) in [5, 5.41) is 11.7. The van der Waals surface area contributed by atoms with Crippen molar-refractivity contribution in [2.45, 2.75) is 31.2 Å². The minimum atomic E-state index is -4.74. The van der Waals surface area contributed by atoms with Crippen LogP contribution in [0.5, 0.6) is 0 Å². The van der Waals surface area contributed by atoms with Gasteiger partial charge in [0.2, 0.25) is 17.4 Å². The van der Waals surface area contributed by atoms with Crippen molar-refractivity contribution >= 4 is 17.3 Å². The summed E-state index contributed by atoms with van der Waals surface area (Å²) in [4.78, 5) is 32.7. The molecule has 4 rings (SSSR count). The summed E-state index contributed by atoms with van der Waals surface area (Å²) in [6, 6.07) is 6.76. The number of nitrogens with zero attached hydrogens (tertiary/aromatic N) is 2. The molecule has 1 unspecified atom stereocenters. The largest absolute Gasteiger partial charge is 0.418 e. The van der Waals surface area contributed by atoms with Gasteiger partial charge in [0, 0.05) is 25.2 Å². The molecule has 2 amide bonds. The van der Waals surface area contributed by atoms with Crippen molar-refractivity contribution in [3.63, 3.8) is 0 Å². The maximum atomic E-state index is 13.7. The Morgan fingerprint density at radius 3 is 2.56 bits per heavy atom. The first kappa shape index (κ1) is 21.8. The van der Waals surface area contributed by atoms with Crippen molar-refractivity contribution in [2.24, 2.45) is 0 Å². The van der Waals surface area contributed by atoms with E-state index < -0.39 is 30.1 Å². The highest BCUT2D eigenvalue weighted by atomic mass is 19.4. The maximum absolute atomic E-state index is 13.7. The van der Waals surface area contributed by atoms with Crippen molar-refractivity contribution in [3.05, 3.63) is 66.0 Å². The van der Waals surface area contributed by atoms with Gasteiger partial charge in [-0.25, -0.2) is 9.97 Å². The van der Waals surface area contributed by atoms with E-state index in [-0.39, 0.29) is 22.7 Å². The molecule has 168 valence electrons. The van der Waals surface area contributed by atoms with Crippen LogP contribution in [0.2, 0.25) is 0 Å². The highest BCUT2D eigenvalue weighted by Crippen LogP contribution is 2.31. The first-order valence-electron chi connectivity index (χ1n) is 10.1. The van der Waals surface area contributed by atoms with Crippen LogP contribution >= 0.6 is 0 Å². The fourth-order valence-corrected chi connectivity index (χ4v) is 3.76. The Bertz CT molecular complexity index is 1120. The Morgan fingerprint density at radius 1 is 1.19 bits per heavy atom. The zero-order valence-corrected chi connectivity index (χ0v) is 16.9. The highest BCUT2D eigenvalue weighted by Gasteiger charge is 2.46.